The maximum Gasteiger partial charge on any atom is 0.305 e. The van der Waals surface area contributed by atoms with Crippen LogP contribution in [0.1, 0.15) is 38.1 Å². The Morgan fingerprint density at radius 1 is 1.09 bits per heavy atom. The van der Waals surface area contributed by atoms with E-state index in [2.05, 4.69) is 0 Å². The molecule has 0 aliphatic carbocycles. The summed E-state index contributed by atoms with van der Waals surface area (Å²) in [6, 6.07) is 4.52. The summed E-state index contributed by atoms with van der Waals surface area (Å²) in [7, 11) is 0. The van der Waals surface area contributed by atoms with Crippen LogP contribution >= 0.6 is 0 Å². The van der Waals surface area contributed by atoms with E-state index in [1.807, 2.05) is 0 Å². The summed E-state index contributed by atoms with van der Waals surface area (Å²) in [4.78, 5) is 63.5. The van der Waals surface area contributed by atoms with Crippen LogP contribution in [-0.2, 0) is 33.4 Å². The maximum atomic E-state index is 13.7. The molecule has 174 valence electrons. The number of rotatable bonds is 7. The van der Waals surface area contributed by atoms with Gasteiger partial charge in [-0.05, 0) is 38.1 Å². The Kier molecular flexibility index (Phi) is 5.57. The van der Waals surface area contributed by atoms with Crippen LogP contribution in [0.5, 0.6) is 5.75 Å². The topological polar surface area (TPSA) is 126 Å². The zero-order valence-corrected chi connectivity index (χ0v) is 18.5. The normalized spacial score (nSPS) is 27.2. The smallest absolute Gasteiger partial charge is 0.305 e. The molecule has 0 unspecified atom stereocenters. The molecule has 1 aromatic rings. The Bertz CT molecular complexity index is 1080. The van der Waals surface area contributed by atoms with Crippen LogP contribution in [0.2, 0.25) is 0 Å². The minimum Gasteiger partial charge on any atom is -0.492 e. The van der Waals surface area contributed by atoms with Gasteiger partial charge in [-0.3, -0.25) is 24.0 Å². The molecule has 2 saturated heterocycles. The first kappa shape index (κ1) is 22.7. The van der Waals surface area contributed by atoms with Gasteiger partial charge in [-0.2, -0.15) is 0 Å². The van der Waals surface area contributed by atoms with Gasteiger partial charge in [0.05, 0.1) is 30.2 Å². The number of carbonyl (C=O) groups excluding carboxylic acids is 5. The van der Waals surface area contributed by atoms with Crippen molar-refractivity contribution in [3.63, 3.8) is 0 Å². The van der Waals surface area contributed by atoms with E-state index in [0.29, 0.717) is 5.56 Å². The minimum absolute atomic E-state index is 0.139. The molecule has 4 rings (SSSR count). The number of anilines is 1. The highest BCUT2D eigenvalue weighted by Crippen LogP contribution is 2.55. The Balaban J connectivity index is 1.79. The minimum atomic E-state index is -1.65. The van der Waals surface area contributed by atoms with Crippen LogP contribution in [0.4, 0.5) is 5.69 Å². The van der Waals surface area contributed by atoms with Gasteiger partial charge >= 0.3 is 11.9 Å². The Morgan fingerprint density at radius 3 is 2.33 bits per heavy atom. The van der Waals surface area contributed by atoms with Crippen LogP contribution in [0, 0.1) is 11.8 Å². The Morgan fingerprint density at radius 2 is 1.76 bits per heavy atom. The lowest BCUT2D eigenvalue weighted by atomic mass is 9.76. The van der Waals surface area contributed by atoms with E-state index in [0.717, 1.165) is 18.7 Å². The average molecular weight is 457 g/mol. The second-order valence-corrected chi connectivity index (χ2v) is 8.03. The molecular weight excluding hydrogens is 434 g/mol. The third-order valence-electron chi connectivity index (χ3n) is 5.90. The van der Waals surface area contributed by atoms with E-state index in [1.54, 1.807) is 19.1 Å². The standard InChI is InChI=1S/C23H23NO9/c1-5-30-16-7-6-14(11(2)25)10-15(16)24-20(28)18-17-8-9-23(33-17,19(18)21(24)29)22(31-12(3)26)32-13(4)27/h6-10,17-19,22H,5H2,1-4H3/t17-,18-,19-,23-/m1/s1. The molecule has 0 radical (unpaired) electrons. The van der Waals surface area contributed by atoms with E-state index in [9.17, 15) is 24.0 Å². The molecule has 33 heavy (non-hydrogen) atoms. The zero-order chi connectivity index (χ0) is 24.1. The summed E-state index contributed by atoms with van der Waals surface area (Å²) in [6.07, 6.45) is 0.747. The lowest BCUT2D eigenvalue weighted by molar-refractivity contribution is -0.226. The van der Waals surface area contributed by atoms with E-state index in [-0.39, 0.29) is 23.8 Å². The number of ketones is 1. The van der Waals surface area contributed by atoms with Gasteiger partial charge < -0.3 is 18.9 Å². The first-order valence-corrected chi connectivity index (χ1v) is 10.5. The number of ether oxygens (including phenoxy) is 4. The molecule has 10 nitrogen and oxygen atoms in total. The van der Waals surface area contributed by atoms with Gasteiger partial charge in [-0.25, -0.2) is 4.90 Å². The van der Waals surface area contributed by atoms with Crippen molar-refractivity contribution < 1.29 is 42.9 Å². The Labute approximate surface area is 189 Å². The molecule has 0 aromatic heterocycles. The lowest BCUT2D eigenvalue weighted by Crippen LogP contribution is -2.52. The number of imide groups is 1. The molecule has 2 fully saturated rings. The van der Waals surface area contributed by atoms with Crippen LogP contribution in [-0.4, -0.2) is 54.1 Å². The number of hydrogen-bond donors (Lipinski definition) is 0. The fraction of sp³-hybridized carbons (Fsp3) is 0.435. The van der Waals surface area contributed by atoms with Crippen molar-refractivity contribution in [3.8, 4) is 5.75 Å². The number of esters is 2. The number of amides is 2. The second kappa shape index (κ2) is 8.11. The van der Waals surface area contributed by atoms with Crippen LogP contribution in [0.15, 0.2) is 30.4 Å². The van der Waals surface area contributed by atoms with Gasteiger partial charge in [0.25, 0.3) is 6.29 Å². The highest BCUT2D eigenvalue weighted by atomic mass is 16.7. The molecular formula is C23H23NO9. The van der Waals surface area contributed by atoms with Gasteiger partial charge in [0.2, 0.25) is 11.8 Å². The molecule has 4 atom stereocenters. The second-order valence-electron chi connectivity index (χ2n) is 8.03. The molecule has 3 aliphatic heterocycles. The number of carbonyl (C=O) groups is 5. The van der Waals surface area contributed by atoms with Gasteiger partial charge in [-0.1, -0.05) is 6.08 Å². The lowest BCUT2D eigenvalue weighted by Gasteiger charge is -2.34. The number of fused-ring (bicyclic) bond motifs is 5. The van der Waals surface area contributed by atoms with Crippen molar-refractivity contribution in [1.29, 1.82) is 0 Å². The predicted molar refractivity (Wildman–Crippen MR) is 111 cm³/mol. The highest BCUT2D eigenvalue weighted by molar-refractivity contribution is 6.24. The number of benzene rings is 1. The first-order valence-electron chi connectivity index (χ1n) is 10.5. The summed E-state index contributed by atoms with van der Waals surface area (Å²) in [5, 5.41) is 0. The molecule has 0 spiro atoms. The molecule has 2 bridgehead atoms. The molecule has 0 saturated carbocycles. The van der Waals surface area contributed by atoms with E-state index in [1.165, 1.54) is 25.1 Å². The monoisotopic (exact) mass is 457 g/mol. The van der Waals surface area contributed by atoms with Gasteiger partial charge in [0.15, 0.2) is 11.4 Å². The molecule has 3 aliphatic rings. The molecule has 2 amide bonds. The van der Waals surface area contributed by atoms with E-state index >= 15 is 0 Å². The molecule has 1 aromatic carbocycles. The van der Waals surface area contributed by atoms with Crippen molar-refractivity contribution in [2.24, 2.45) is 11.8 Å². The van der Waals surface area contributed by atoms with Crippen molar-refractivity contribution >= 4 is 35.2 Å². The SMILES string of the molecule is CCOc1ccc(C(C)=O)cc1N1C(=O)[C@@H]2[C@H]3C=C[C@@](C(OC(C)=O)OC(C)=O)(O3)[C@H]2C1=O. The molecule has 3 heterocycles. The van der Waals surface area contributed by atoms with Crippen molar-refractivity contribution in [3.05, 3.63) is 35.9 Å². The van der Waals surface area contributed by atoms with Crippen LogP contribution in [0.25, 0.3) is 0 Å². The summed E-state index contributed by atoms with van der Waals surface area (Å²) < 4.78 is 21.9. The highest BCUT2D eigenvalue weighted by Gasteiger charge is 2.72. The third-order valence-corrected chi connectivity index (χ3v) is 5.90. The Hall–Kier alpha value is -3.53. The fourth-order valence-corrected chi connectivity index (χ4v) is 4.64. The molecule has 0 N–H and O–H groups in total. The number of Topliss-reactive ketones (excluding diaryl/α,β-unsaturated/α-hetero) is 1. The van der Waals surface area contributed by atoms with Crippen LogP contribution in [0.3, 0.4) is 0 Å². The first-order chi connectivity index (χ1) is 15.6. The third kappa shape index (κ3) is 3.50. The summed E-state index contributed by atoms with van der Waals surface area (Å²) in [5.74, 6) is -4.71. The zero-order valence-electron chi connectivity index (χ0n) is 18.5. The molecule has 10 heteroatoms. The quantitative estimate of drug-likeness (QED) is 0.197. The average Bonchev–Trinajstić information content (AvgIpc) is 3.38. The number of hydrogen-bond acceptors (Lipinski definition) is 9. The number of nitrogens with zero attached hydrogens (tertiary/aromatic N) is 1. The van der Waals surface area contributed by atoms with Crippen molar-refractivity contribution in [2.75, 3.05) is 11.5 Å². The van der Waals surface area contributed by atoms with Crippen LogP contribution < -0.4 is 9.64 Å². The maximum absolute atomic E-state index is 13.7. The van der Waals surface area contributed by atoms with Crippen molar-refractivity contribution in [2.45, 2.75) is 45.7 Å². The van der Waals surface area contributed by atoms with E-state index < -0.39 is 53.6 Å². The van der Waals surface area contributed by atoms with E-state index in [4.69, 9.17) is 18.9 Å². The van der Waals surface area contributed by atoms with Gasteiger partial charge in [-0.15, -0.1) is 0 Å². The predicted octanol–water partition coefficient (Wildman–Crippen LogP) is 1.55. The fourth-order valence-electron chi connectivity index (χ4n) is 4.64. The summed E-state index contributed by atoms with van der Waals surface area (Å²) in [6.45, 7) is 5.66. The largest absolute Gasteiger partial charge is 0.492 e. The summed E-state index contributed by atoms with van der Waals surface area (Å²) >= 11 is 0. The van der Waals surface area contributed by atoms with Gasteiger partial charge in [0.1, 0.15) is 5.75 Å². The van der Waals surface area contributed by atoms with Crippen molar-refractivity contribution in [1.82, 2.24) is 0 Å². The summed E-state index contributed by atoms with van der Waals surface area (Å²) in [5.41, 5.74) is -1.21. The van der Waals surface area contributed by atoms with Gasteiger partial charge in [0, 0.05) is 19.4 Å².